The minimum atomic E-state index is -2.03. The number of nitrogens with one attached hydrogen (secondary N) is 2. The van der Waals surface area contributed by atoms with Gasteiger partial charge in [-0.3, -0.25) is 9.59 Å². The Kier molecular flexibility index (Phi) is 14.8. The Hall–Kier alpha value is -1.82. The lowest BCUT2D eigenvalue weighted by Crippen LogP contribution is -2.70. The Bertz CT molecular complexity index is 1140. The average molecular weight is 749 g/mol. The normalized spacial score (nSPS) is 47.8. The maximum Gasteiger partial charge on any atom is 0.217 e. The molecule has 0 aromatic rings. The Morgan fingerprint density at radius 1 is 0.471 bits per heavy atom. The van der Waals surface area contributed by atoms with Crippen LogP contribution in [0, 0.1) is 0 Å². The lowest BCUT2D eigenvalue weighted by Gasteiger charge is -2.50. The van der Waals surface area contributed by atoms with Gasteiger partial charge in [-0.2, -0.15) is 0 Å². The summed E-state index contributed by atoms with van der Waals surface area (Å²) in [7, 11) is 0. The van der Waals surface area contributed by atoms with Crippen LogP contribution in [0.4, 0.5) is 0 Å². The quantitative estimate of drug-likeness (QED) is 0.0881. The summed E-state index contributed by atoms with van der Waals surface area (Å²) >= 11 is 0. The van der Waals surface area contributed by atoms with Gasteiger partial charge in [0.25, 0.3) is 0 Å². The predicted octanol–water partition coefficient (Wildman–Crippen LogP) is -9.46. The lowest BCUT2D eigenvalue weighted by molar-refractivity contribution is -0.377. The summed E-state index contributed by atoms with van der Waals surface area (Å²) in [5, 5.41) is 129. The molecule has 23 heteroatoms. The second kappa shape index (κ2) is 18.0. The molecule has 23 nitrogen and oxygen atoms in total. The van der Waals surface area contributed by atoms with E-state index in [0.717, 1.165) is 13.8 Å². The summed E-state index contributed by atoms with van der Waals surface area (Å²) in [5.41, 5.74) is 0. The van der Waals surface area contributed by atoms with Crippen molar-refractivity contribution in [1.82, 2.24) is 10.6 Å². The maximum absolute atomic E-state index is 12.3. The SMILES string of the molecule is CC(=O)N[C@H]1[C@H](O[C@@H]2[C@H](O)[C@H](O[C@H]3[C@H](O)[C@@H](O)[C@H](O)O[C@@H]3CO)O[C@H](CO)[C@H]2O)O[C@H](CO)[C@@H](O[C@@H]2O[C@H](CO)[C@H](O)[C@H](O)[C@H]2NC(C)=O)[C@@H]1O. The first-order valence-corrected chi connectivity index (χ1v) is 16.1. The van der Waals surface area contributed by atoms with Crippen LogP contribution in [0.1, 0.15) is 13.8 Å². The van der Waals surface area contributed by atoms with Gasteiger partial charge >= 0.3 is 0 Å². The first-order chi connectivity index (χ1) is 24.1. The molecule has 4 heterocycles. The van der Waals surface area contributed by atoms with Gasteiger partial charge in [0.1, 0.15) is 97.5 Å². The summed E-state index contributed by atoms with van der Waals surface area (Å²) in [6.07, 6.45) is -31.4. The molecule has 0 spiro atoms. The Balaban J connectivity index is 1.58. The third-order valence-electron chi connectivity index (χ3n) is 9.01. The van der Waals surface area contributed by atoms with Gasteiger partial charge in [-0.1, -0.05) is 0 Å². The molecular formula is C28H48N2O21. The van der Waals surface area contributed by atoms with Gasteiger partial charge in [-0.15, -0.1) is 0 Å². The third-order valence-corrected chi connectivity index (χ3v) is 9.01. The predicted molar refractivity (Wildman–Crippen MR) is 157 cm³/mol. The molecule has 14 N–H and O–H groups in total. The zero-order valence-corrected chi connectivity index (χ0v) is 27.4. The van der Waals surface area contributed by atoms with E-state index in [4.69, 9.17) is 33.2 Å². The van der Waals surface area contributed by atoms with Gasteiger partial charge in [-0.05, 0) is 0 Å². The standard InChI is InChI=1S/C28H48N2O21/c1-7(35)29-13-17(39)15(37)9(3-31)46-26(13)49-22-12(6-34)48-27(14(18(22)40)30-8(2)36)51-24-16(38)10(4-32)47-28(21(24)43)50-23-11(5-33)45-25(44)20(42)19(23)41/h9-28,31-34,37-44H,3-6H2,1-2H3,(H,29,35)(H,30,36)/t9-,10-,11-,12-,13-,14-,15+,16-,17-,18-,19-,20-,21+,22-,23-,24+,25-,26+,27+,28+/m1/s1. The van der Waals surface area contributed by atoms with Crippen molar-refractivity contribution in [2.45, 2.75) is 137 Å². The zero-order valence-electron chi connectivity index (χ0n) is 27.4. The molecule has 4 aliphatic rings. The topological polar surface area (TPSA) is 366 Å². The van der Waals surface area contributed by atoms with Crippen molar-refractivity contribution in [3.05, 3.63) is 0 Å². The molecule has 0 aliphatic carbocycles. The van der Waals surface area contributed by atoms with Gasteiger partial charge in [-0.25, -0.2) is 0 Å². The highest BCUT2D eigenvalue weighted by Gasteiger charge is 2.55. The Morgan fingerprint density at radius 3 is 1.41 bits per heavy atom. The summed E-state index contributed by atoms with van der Waals surface area (Å²) in [4.78, 5) is 24.2. The molecule has 4 fully saturated rings. The van der Waals surface area contributed by atoms with E-state index in [0.29, 0.717) is 0 Å². The molecule has 296 valence electrons. The van der Waals surface area contributed by atoms with Crippen LogP contribution >= 0.6 is 0 Å². The summed E-state index contributed by atoms with van der Waals surface area (Å²) in [5.74, 6) is -1.44. The van der Waals surface area contributed by atoms with E-state index in [-0.39, 0.29) is 0 Å². The van der Waals surface area contributed by atoms with Crippen molar-refractivity contribution in [3.63, 3.8) is 0 Å². The number of hydrogen-bond acceptors (Lipinski definition) is 21. The van der Waals surface area contributed by atoms with Crippen molar-refractivity contribution in [1.29, 1.82) is 0 Å². The monoisotopic (exact) mass is 748 g/mol. The van der Waals surface area contributed by atoms with Crippen LogP contribution in [0.3, 0.4) is 0 Å². The largest absolute Gasteiger partial charge is 0.394 e. The summed E-state index contributed by atoms with van der Waals surface area (Å²) in [6.45, 7) is -1.29. The smallest absolute Gasteiger partial charge is 0.217 e. The van der Waals surface area contributed by atoms with Crippen LogP contribution in [-0.2, 0) is 42.7 Å². The molecule has 4 rings (SSSR count). The van der Waals surface area contributed by atoms with E-state index in [1.54, 1.807) is 0 Å². The van der Waals surface area contributed by atoms with Crippen molar-refractivity contribution in [2.75, 3.05) is 26.4 Å². The maximum atomic E-state index is 12.3. The number of ether oxygens (including phenoxy) is 7. The molecule has 20 atom stereocenters. The number of amides is 2. The first kappa shape index (κ1) is 41.9. The lowest BCUT2D eigenvalue weighted by atomic mass is 9.94. The zero-order chi connectivity index (χ0) is 37.9. The first-order valence-electron chi connectivity index (χ1n) is 16.1. The van der Waals surface area contributed by atoms with Crippen LogP contribution in [-0.4, -0.2) is 222 Å². The van der Waals surface area contributed by atoms with Gasteiger partial charge in [0.2, 0.25) is 11.8 Å². The fourth-order valence-electron chi connectivity index (χ4n) is 6.35. The molecule has 4 aliphatic heterocycles. The number of rotatable bonds is 12. The highest BCUT2D eigenvalue weighted by atomic mass is 16.8. The average Bonchev–Trinajstić information content (AvgIpc) is 3.09. The summed E-state index contributed by atoms with van der Waals surface area (Å²) < 4.78 is 39.2. The van der Waals surface area contributed by atoms with Gasteiger partial charge < -0.3 is 105 Å². The van der Waals surface area contributed by atoms with Crippen molar-refractivity contribution in [3.8, 4) is 0 Å². The van der Waals surface area contributed by atoms with Crippen LogP contribution in [0.5, 0.6) is 0 Å². The van der Waals surface area contributed by atoms with Crippen molar-refractivity contribution >= 4 is 11.8 Å². The minimum absolute atomic E-state index is 0.683. The fourth-order valence-corrected chi connectivity index (χ4v) is 6.35. The minimum Gasteiger partial charge on any atom is -0.394 e. The van der Waals surface area contributed by atoms with Gasteiger partial charge in [0.05, 0.1) is 26.4 Å². The fraction of sp³-hybridized carbons (Fsp3) is 0.929. The van der Waals surface area contributed by atoms with Gasteiger partial charge in [0, 0.05) is 13.8 Å². The van der Waals surface area contributed by atoms with Crippen LogP contribution in [0.2, 0.25) is 0 Å². The van der Waals surface area contributed by atoms with E-state index in [9.17, 15) is 70.9 Å². The van der Waals surface area contributed by atoms with Gasteiger partial charge in [0.15, 0.2) is 25.2 Å². The highest BCUT2D eigenvalue weighted by molar-refractivity contribution is 5.73. The third kappa shape index (κ3) is 9.11. The number of aliphatic hydroxyl groups excluding tert-OH is 12. The van der Waals surface area contributed by atoms with Crippen LogP contribution in [0.15, 0.2) is 0 Å². The molecular weight excluding hydrogens is 700 g/mol. The Labute approximate surface area is 289 Å². The van der Waals surface area contributed by atoms with Crippen LogP contribution < -0.4 is 10.6 Å². The molecule has 0 bridgehead atoms. The second-order valence-corrected chi connectivity index (χ2v) is 12.6. The van der Waals surface area contributed by atoms with E-state index >= 15 is 0 Å². The molecule has 0 aromatic heterocycles. The number of aliphatic hydroxyl groups is 12. The summed E-state index contributed by atoms with van der Waals surface area (Å²) in [6, 6.07) is -3.09. The molecule has 51 heavy (non-hydrogen) atoms. The number of carbonyl (C=O) groups excluding carboxylic acids is 2. The molecule has 2 amide bonds. The van der Waals surface area contributed by atoms with Crippen molar-refractivity contribution < 1.29 is 104 Å². The molecule has 0 saturated carbocycles. The van der Waals surface area contributed by atoms with E-state index in [1.165, 1.54) is 0 Å². The molecule has 0 aromatic carbocycles. The van der Waals surface area contributed by atoms with Crippen molar-refractivity contribution in [2.24, 2.45) is 0 Å². The van der Waals surface area contributed by atoms with E-state index in [2.05, 4.69) is 10.6 Å². The van der Waals surface area contributed by atoms with E-state index < -0.39 is 161 Å². The molecule has 0 radical (unpaired) electrons. The molecule has 0 unspecified atom stereocenters. The highest BCUT2D eigenvalue weighted by Crippen LogP contribution is 2.34. The molecule has 4 saturated heterocycles. The number of hydrogen-bond donors (Lipinski definition) is 14. The van der Waals surface area contributed by atoms with Crippen LogP contribution in [0.25, 0.3) is 0 Å². The Morgan fingerprint density at radius 2 is 0.882 bits per heavy atom. The second-order valence-electron chi connectivity index (χ2n) is 12.6. The number of carbonyl (C=O) groups is 2. The van der Waals surface area contributed by atoms with E-state index in [1.807, 2.05) is 0 Å².